The van der Waals surface area contributed by atoms with Crippen molar-refractivity contribution < 1.29 is 24.2 Å². The molecule has 2 aromatic carbocycles. The number of aromatic hydroxyl groups is 1. The molecular weight excluding hydrogens is 386 g/mol. The number of phenolic OH excluding ortho intramolecular Hbond substituents is 1. The van der Waals surface area contributed by atoms with Crippen molar-refractivity contribution in [3.63, 3.8) is 0 Å². The van der Waals surface area contributed by atoms with E-state index in [4.69, 9.17) is 4.74 Å². The van der Waals surface area contributed by atoms with Crippen molar-refractivity contribution in [3.05, 3.63) is 59.7 Å². The number of hydrogen-bond acceptors (Lipinski definition) is 5. The summed E-state index contributed by atoms with van der Waals surface area (Å²) in [5.41, 5.74) is 0.603. The fraction of sp³-hybridized carbons (Fsp3) is 0.318. The molecule has 0 bridgehead atoms. The summed E-state index contributed by atoms with van der Waals surface area (Å²) in [6, 6.07) is 12.6. The van der Waals surface area contributed by atoms with Gasteiger partial charge in [0.2, 0.25) is 0 Å². The van der Waals surface area contributed by atoms with Gasteiger partial charge in [-0.25, -0.2) is 4.79 Å². The average molecular weight is 413 g/mol. The highest BCUT2D eigenvalue weighted by atomic mass is 16.6. The Labute approximate surface area is 175 Å². The first kappa shape index (κ1) is 22.7. The lowest BCUT2D eigenvalue weighted by Crippen LogP contribution is -2.30. The van der Waals surface area contributed by atoms with Gasteiger partial charge in [0.25, 0.3) is 11.8 Å². The average Bonchev–Trinajstić information content (AvgIpc) is 2.66. The number of anilines is 1. The molecule has 0 unspecified atom stereocenters. The summed E-state index contributed by atoms with van der Waals surface area (Å²) in [4.78, 5) is 36.1. The zero-order valence-electron chi connectivity index (χ0n) is 17.3. The second-order valence-corrected chi connectivity index (χ2v) is 7.62. The molecule has 0 saturated heterocycles. The maximum absolute atomic E-state index is 12.3. The Morgan fingerprint density at radius 2 is 1.47 bits per heavy atom. The minimum absolute atomic E-state index is 0.0262. The van der Waals surface area contributed by atoms with Crippen molar-refractivity contribution in [1.82, 2.24) is 10.6 Å². The van der Waals surface area contributed by atoms with Gasteiger partial charge in [0.15, 0.2) is 0 Å². The molecule has 0 heterocycles. The third-order valence-electron chi connectivity index (χ3n) is 3.80. The van der Waals surface area contributed by atoms with E-state index in [0.29, 0.717) is 36.3 Å². The number of phenols is 1. The minimum Gasteiger partial charge on any atom is -0.508 e. The van der Waals surface area contributed by atoms with Gasteiger partial charge in [-0.05, 0) is 63.6 Å². The molecule has 8 nitrogen and oxygen atoms in total. The second-order valence-electron chi connectivity index (χ2n) is 7.62. The number of benzene rings is 2. The molecule has 4 N–H and O–H groups in total. The van der Waals surface area contributed by atoms with Crippen LogP contribution in [0.4, 0.5) is 10.5 Å². The second kappa shape index (κ2) is 10.3. The van der Waals surface area contributed by atoms with Crippen LogP contribution in [0.2, 0.25) is 0 Å². The highest BCUT2D eigenvalue weighted by molar-refractivity contribution is 5.96. The largest absolute Gasteiger partial charge is 0.508 e. The fourth-order valence-electron chi connectivity index (χ4n) is 2.50. The topological polar surface area (TPSA) is 117 Å². The Morgan fingerprint density at radius 3 is 2.03 bits per heavy atom. The van der Waals surface area contributed by atoms with Gasteiger partial charge < -0.3 is 20.5 Å². The van der Waals surface area contributed by atoms with E-state index >= 15 is 0 Å². The number of ether oxygens (including phenoxy) is 1. The van der Waals surface area contributed by atoms with Gasteiger partial charge in [0, 0.05) is 29.9 Å². The van der Waals surface area contributed by atoms with Crippen LogP contribution in [0.5, 0.6) is 5.75 Å². The maximum atomic E-state index is 12.3. The van der Waals surface area contributed by atoms with Crippen LogP contribution in [0.3, 0.4) is 0 Å². The van der Waals surface area contributed by atoms with Crippen LogP contribution in [0, 0.1) is 0 Å². The lowest BCUT2D eigenvalue weighted by molar-refractivity contribution is 0.0635. The Hall–Kier alpha value is -3.55. The van der Waals surface area contributed by atoms with E-state index in [2.05, 4.69) is 16.0 Å². The predicted octanol–water partition coefficient (Wildman–Crippen LogP) is 3.29. The number of carbonyl (C=O) groups is 3. The molecule has 0 aliphatic carbocycles. The summed E-state index contributed by atoms with van der Waals surface area (Å²) in [7, 11) is 0. The van der Waals surface area contributed by atoms with Gasteiger partial charge in [-0.15, -0.1) is 0 Å². The Kier molecular flexibility index (Phi) is 7.80. The van der Waals surface area contributed by atoms with Gasteiger partial charge in [-0.1, -0.05) is 12.1 Å². The minimum atomic E-state index is -0.616. The predicted molar refractivity (Wildman–Crippen MR) is 114 cm³/mol. The molecule has 160 valence electrons. The maximum Gasteiger partial charge on any atom is 0.412 e. The summed E-state index contributed by atoms with van der Waals surface area (Å²) in [5, 5.41) is 17.5. The first-order chi connectivity index (χ1) is 14.1. The van der Waals surface area contributed by atoms with Crippen LogP contribution in [0.1, 0.15) is 47.9 Å². The van der Waals surface area contributed by atoms with Gasteiger partial charge in [0.1, 0.15) is 11.4 Å². The molecule has 3 amide bonds. The number of hydrogen-bond donors (Lipinski definition) is 4. The molecule has 0 aliphatic rings. The first-order valence-electron chi connectivity index (χ1n) is 9.59. The lowest BCUT2D eigenvalue weighted by atomic mass is 10.2. The van der Waals surface area contributed by atoms with E-state index in [-0.39, 0.29) is 17.6 Å². The SMILES string of the molecule is CC(C)(C)OC(=O)Nc1cccc(C(=O)NCCCNC(=O)c2cccc(O)c2)c1. The molecule has 2 aromatic rings. The summed E-state index contributed by atoms with van der Waals surface area (Å²) in [6.07, 6.45) is -0.0610. The third kappa shape index (κ3) is 7.83. The lowest BCUT2D eigenvalue weighted by Gasteiger charge is -2.19. The highest BCUT2D eigenvalue weighted by Crippen LogP contribution is 2.14. The fourth-order valence-corrected chi connectivity index (χ4v) is 2.50. The quantitative estimate of drug-likeness (QED) is 0.520. The van der Waals surface area contributed by atoms with Gasteiger partial charge in [0.05, 0.1) is 0 Å². The van der Waals surface area contributed by atoms with Crippen molar-refractivity contribution in [2.75, 3.05) is 18.4 Å². The van der Waals surface area contributed by atoms with Crippen LogP contribution in [-0.2, 0) is 4.74 Å². The van der Waals surface area contributed by atoms with E-state index in [1.165, 1.54) is 12.1 Å². The van der Waals surface area contributed by atoms with E-state index in [0.717, 1.165) is 0 Å². The molecule has 0 atom stereocenters. The normalized spacial score (nSPS) is 10.8. The molecule has 0 saturated carbocycles. The first-order valence-corrected chi connectivity index (χ1v) is 9.59. The Morgan fingerprint density at radius 1 is 0.900 bits per heavy atom. The van der Waals surface area contributed by atoms with Crippen LogP contribution in [0.25, 0.3) is 0 Å². The number of nitrogens with one attached hydrogen (secondary N) is 3. The van der Waals surface area contributed by atoms with Crippen molar-refractivity contribution in [3.8, 4) is 5.75 Å². The number of rotatable bonds is 7. The van der Waals surface area contributed by atoms with E-state index in [1.54, 1.807) is 57.2 Å². The smallest absolute Gasteiger partial charge is 0.412 e. The molecule has 30 heavy (non-hydrogen) atoms. The van der Waals surface area contributed by atoms with Crippen molar-refractivity contribution >= 4 is 23.6 Å². The molecule has 0 aromatic heterocycles. The van der Waals surface area contributed by atoms with E-state index in [1.807, 2.05) is 0 Å². The Balaban J connectivity index is 1.76. The number of amides is 3. The third-order valence-corrected chi connectivity index (χ3v) is 3.80. The number of carbonyl (C=O) groups excluding carboxylic acids is 3. The Bertz CT molecular complexity index is 906. The van der Waals surface area contributed by atoms with Gasteiger partial charge in [-0.3, -0.25) is 14.9 Å². The molecule has 0 spiro atoms. The van der Waals surface area contributed by atoms with E-state index < -0.39 is 11.7 Å². The van der Waals surface area contributed by atoms with Crippen molar-refractivity contribution in [1.29, 1.82) is 0 Å². The molecule has 2 rings (SSSR count). The van der Waals surface area contributed by atoms with Crippen LogP contribution < -0.4 is 16.0 Å². The monoisotopic (exact) mass is 413 g/mol. The van der Waals surface area contributed by atoms with Crippen LogP contribution in [0.15, 0.2) is 48.5 Å². The standard InChI is InChI=1S/C22H27N3O5/c1-22(2,3)30-21(29)25-17-9-4-7-15(13-17)19(27)23-11-6-12-24-20(28)16-8-5-10-18(26)14-16/h4-5,7-10,13-14,26H,6,11-12H2,1-3H3,(H,23,27)(H,24,28)(H,25,29). The molecular formula is C22H27N3O5. The summed E-state index contributed by atoms with van der Waals surface area (Å²) >= 11 is 0. The van der Waals surface area contributed by atoms with Crippen LogP contribution in [-0.4, -0.2) is 41.7 Å². The van der Waals surface area contributed by atoms with Crippen LogP contribution >= 0.6 is 0 Å². The van der Waals surface area contributed by atoms with Crippen molar-refractivity contribution in [2.24, 2.45) is 0 Å². The zero-order chi connectivity index (χ0) is 22.1. The van der Waals surface area contributed by atoms with Crippen molar-refractivity contribution in [2.45, 2.75) is 32.8 Å². The van der Waals surface area contributed by atoms with Gasteiger partial charge in [-0.2, -0.15) is 0 Å². The van der Waals surface area contributed by atoms with Gasteiger partial charge >= 0.3 is 6.09 Å². The molecule has 0 aliphatic heterocycles. The zero-order valence-corrected chi connectivity index (χ0v) is 17.3. The summed E-state index contributed by atoms with van der Waals surface area (Å²) in [6.45, 7) is 6.03. The summed E-state index contributed by atoms with van der Waals surface area (Å²) < 4.78 is 5.19. The molecule has 8 heteroatoms. The highest BCUT2D eigenvalue weighted by Gasteiger charge is 2.16. The summed E-state index contributed by atoms with van der Waals surface area (Å²) in [5.74, 6) is -0.557. The molecule has 0 radical (unpaired) electrons. The molecule has 0 fully saturated rings. The van der Waals surface area contributed by atoms with E-state index in [9.17, 15) is 19.5 Å².